The first kappa shape index (κ1) is 16.6. The molecule has 0 bridgehead atoms. The van der Waals surface area contributed by atoms with Crippen molar-refractivity contribution in [1.29, 1.82) is 0 Å². The second-order valence-electron chi connectivity index (χ2n) is 6.77. The first-order valence-corrected chi connectivity index (χ1v) is 9.28. The molecule has 5 nitrogen and oxygen atoms in total. The van der Waals surface area contributed by atoms with Gasteiger partial charge in [-0.1, -0.05) is 31.2 Å². The van der Waals surface area contributed by atoms with Gasteiger partial charge in [-0.25, -0.2) is 4.98 Å². The number of hydrogen-bond donors (Lipinski definition) is 1. The average molecular weight is 348 g/mol. The lowest BCUT2D eigenvalue weighted by Gasteiger charge is -2.36. The SMILES string of the molecule is CCc1nc2ccc(CC(=O)N3CCN(c4ccccc4)CC3)cc2[nH]1. The molecule has 2 heterocycles. The Morgan fingerprint density at radius 1 is 1.08 bits per heavy atom. The molecule has 1 aliphatic rings. The predicted molar refractivity (Wildman–Crippen MR) is 104 cm³/mol. The molecule has 1 aromatic heterocycles. The second kappa shape index (κ2) is 7.20. The van der Waals surface area contributed by atoms with E-state index >= 15 is 0 Å². The third kappa shape index (κ3) is 3.43. The normalized spacial score (nSPS) is 14.8. The van der Waals surface area contributed by atoms with Crippen molar-refractivity contribution in [2.45, 2.75) is 19.8 Å². The highest BCUT2D eigenvalue weighted by Gasteiger charge is 2.21. The van der Waals surface area contributed by atoms with Crippen molar-refractivity contribution >= 4 is 22.6 Å². The van der Waals surface area contributed by atoms with Gasteiger partial charge in [-0.15, -0.1) is 0 Å². The minimum atomic E-state index is 0.201. The third-order valence-corrected chi connectivity index (χ3v) is 5.04. The van der Waals surface area contributed by atoms with Gasteiger partial charge in [-0.3, -0.25) is 4.79 Å². The van der Waals surface area contributed by atoms with Crippen LogP contribution in [0, 0.1) is 0 Å². The number of nitrogens with one attached hydrogen (secondary N) is 1. The molecule has 0 aliphatic carbocycles. The van der Waals surface area contributed by atoms with Crippen LogP contribution in [0.15, 0.2) is 48.5 Å². The largest absolute Gasteiger partial charge is 0.368 e. The van der Waals surface area contributed by atoms with Gasteiger partial charge in [-0.05, 0) is 29.8 Å². The number of piperazine rings is 1. The number of imidazole rings is 1. The topological polar surface area (TPSA) is 52.2 Å². The monoisotopic (exact) mass is 348 g/mol. The molecule has 1 fully saturated rings. The van der Waals surface area contributed by atoms with Gasteiger partial charge < -0.3 is 14.8 Å². The molecular formula is C21H24N4O. The Morgan fingerprint density at radius 3 is 2.58 bits per heavy atom. The van der Waals surface area contributed by atoms with Gasteiger partial charge in [0, 0.05) is 38.3 Å². The quantitative estimate of drug-likeness (QED) is 0.788. The summed E-state index contributed by atoms with van der Waals surface area (Å²) < 4.78 is 0. The number of anilines is 1. The van der Waals surface area contributed by atoms with E-state index in [0.717, 1.165) is 55.0 Å². The Bertz CT molecular complexity index is 895. The van der Waals surface area contributed by atoms with E-state index < -0.39 is 0 Å². The maximum Gasteiger partial charge on any atom is 0.227 e. The van der Waals surface area contributed by atoms with Crippen LogP contribution in [0.2, 0.25) is 0 Å². The molecule has 5 heteroatoms. The van der Waals surface area contributed by atoms with E-state index in [2.05, 4.69) is 52.1 Å². The van der Waals surface area contributed by atoms with Crippen LogP contribution in [0.1, 0.15) is 18.3 Å². The molecule has 2 aromatic carbocycles. The lowest BCUT2D eigenvalue weighted by molar-refractivity contribution is -0.130. The number of hydrogen-bond acceptors (Lipinski definition) is 3. The predicted octanol–water partition coefficient (Wildman–Crippen LogP) is 3.02. The van der Waals surface area contributed by atoms with Crippen LogP contribution in [-0.4, -0.2) is 47.0 Å². The van der Waals surface area contributed by atoms with Crippen molar-refractivity contribution in [2.24, 2.45) is 0 Å². The highest BCUT2D eigenvalue weighted by Crippen LogP contribution is 2.18. The number of benzene rings is 2. The molecule has 134 valence electrons. The summed E-state index contributed by atoms with van der Waals surface area (Å²) in [5.74, 6) is 1.19. The van der Waals surface area contributed by atoms with E-state index in [9.17, 15) is 4.79 Å². The summed E-state index contributed by atoms with van der Waals surface area (Å²) >= 11 is 0. The van der Waals surface area contributed by atoms with E-state index in [1.54, 1.807) is 0 Å². The van der Waals surface area contributed by atoms with Crippen molar-refractivity contribution in [1.82, 2.24) is 14.9 Å². The minimum Gasteiger partial charge on any atom is -0.368 e. The fourth-order valence-electron chi connectivity index (χ4n) is 3.53. The number of nitrogens with zero attached hydrogens (tertiary/aromatic N) is 3. The Hall–Kier alpha value is -2.82. The molecule has 0 saturated carbocycles. The van der Waals surface area contributed by atoms with Crippen LogP contribution in [0.25, 0.3) is 11.0 Å². The van der Waals surface area contributed by atoms with E-state index in [1.165, 1.54) is 5.69 Å². The zero-order chi connectivity index (χ0) is 17.9. The highest BCUT2D eigenvalue weighted by molar-refractivity contribution is 5.82. The van der Waals surface area contributed by atoms with E-state index in [-0.39, 0.29) is 5.91 Å². The molecule has 3 aromatic rings. The van der Waals surface area contributed by atoms with Crippen LogP contribution in [-0.2, 0) is 17.6 Å². The van der Waals surface area contributed by atoms with Crippen LogP contribution in [0.4, 0.5) is 5.69 Å². The van der Waals surface area contributed by atoms with E-state index in [1.807, 2.05) is 23.1 Å². The van der Waals surface area contributed by atoms with Crippen LogP contribution in [0.3, 0.4) is 0 Å². The summed E-state index contributed by atoms with van der Waals surface area (Å²) in [6.07, 6.45) is 1.33. The molecule has 1 aliphatic heterocycles. The highest BCUT2D eigenvalue weighted by atomic mass is 16.2. The number of aromatic nitrogens is 2. The average Bonchev–Trinajstić information content (AvgIpc) is 3.11. The minimum absolute atomic E-state index is 0.201. The summed E-state index contributed by atoms with van der Waals surface area (Å²) in [7, 11) is 0. The van der Waals surface area contributed by atoms with Gasteiger partial charge in [0.25, 0.3) is 0 Å². The molecule has 0 atom stereocenters. The van der Waals surface area contributed by atoms with Crippen LogP contribution >= 0.6 is 0 Å². The number of rotatable bonds is 4. The molecule has 1 saturated heterocycles. The molecule has 0 unspecified atom stereocenters. The van der Waals surface area contributed by atoms with Gasteiger partial charge >= 0.3 is 0 Å². The fraction of sp³-hybridized carbons (Fsp3) is 0.333. The van der Waals surface area contributed by atoms with Crippen LogP contribution < -0.4 is 4.90 Å². The summed E-state index contributed by atoms with van der Waals surface area (Å²) in [5, 5.41) is 0. The van der Waals surface area contributed by atoms with Crippen molar-refractivity contribution in [2.75, 3.05) is 31.1 Å². The number of aryl methyl sites for hydroxylation is 1. The lowest BCUT2D eigenvalue weighted by Crippen LogP contribution is -2.49. The standard InChI is InChI=1S/C21H24N4O/c1-2-20-22-18-9-8-16(14-19(18)23-20)15-21(26)25-12-10-24(11-13-25)17-6-4-3-5-7-17/h3-9,14H,2,10-13,15H2,1H3,(H,22,23). The molecule has 1 amide bonds. The number of H-pyrrole nitrogens is 1. The van der Waals surface area contributed by atoms with Crippen molar-refractivity contribution in [3.63, 3.8) is 0 Å². The Labute approximate surface area is 153 Å². The molecule has 26 heavy (non-hydrogen) atoms. The summed E-state index contributed by atoms with van der Waals surface area (Å²) in [6.45, 7) is 5.40. The number of aromatic amines is 1. The Morgan fingerprint density at radius 2 is 1.85 bits per heavy atom. The fourth-order valence-corrected chi connectivity index (χ4v) is 3.53. The number of fused-ring (bicyclic) bond motifs is 1. The molecule has 0 spiro atoms. The first-order chi connectivity index (χ1) is 12.7. The molecular weight excluding hydrogens is 324 g/mol. The zero-order valence-corrected chi connectivity index (χ0v) is 15.1. The molecule has 4 rings (SSSR count). The first-order valence-electron chi connectivity index (χ1n) is 9.28. The maximum absolute atomic E-state index is 12.7. The van der Waals surface area contributed by atoms with Gasteiger partial charge in [0.15, 0.2) is 0 Å². The summed E-state index contributed by atoms with van der Waals surface area (Å²) in [4.78, 5) is 24.9. The van der Waals surface area contributed by atoms with Crippen molar-refractivity contribution in [3.05, 3.63) is 59.9 Å². The number of amides is 1. The third-order valence-electron chi connectivity index (χ3n) is 5.04. The zero-order valence-electron chi connectivity index (χ0n) is 15.1. The maximum atomic E-state index is 12.7. The summed E-state index contributed by atoms with van der Waals surface area (Å²) in [5.41, 5.74) is 4.26. The smallest absolute Gasteiger partial charge is 0.227 e. The number of carbonyl (C=O) groups excluding carboxylic acids is 1. The van der Waals surface area contributed by atoms with Gasteiger partial charge in [0.2, 0.25) is 5.91 Å². The van der Waals surface area contributed by atoms with Gasteiger partial charge in [-0.2, -0.15) is 0 Å². The summed E-state index contributed by atoms with van der Waals surface area (Å²) in [6, 6.07) is 16.5. The Balaban J connectivity index is 1.38. The van der Waals surface area contributed by atoms with Crippen LogP contribution in [0.5, 0.6) is 0 Å². The van der Waals surface area contributed by atoms with Gasteiger partial charge in [0.05, 0.1) is 17.5 Å². The second-order valence-corrected chi connectivity index (χ2v) is 6.77. The molecule has 0 radical (unpaired) electrons. The number of carbonyl (C=O) groups is 1. The Kier molecular flexibility index (Phi) is 4.61. The van der Waals surface area contributed by atoms with Gasteiger partial charge in [0.1, 0.15) is 5.82 Å². The lowest BCUT2D eigenvalue weighted by atomic mass is 10.1. The number of para-hydroxylation sites is 1. The van der Waals surface area contributed by atoms with Crippen molar-refractivity contribution < 1.29 is 4.79 Å². The molecule has 1 N–H and O–H groups in total. The van der Waals surface area contributed by atoms with Crippen molar-refractivity contribution in [3.8, 4) is 0 Å². The van der Waals surface area contributed by atoms with E-state index in [0.29, 0.717) is 6.42 Å². The van der Waals surface area contributed by atoms with E-state index in [4.69, 9.17) is 0 Å².